The van der Waals surface area contributed by atoms with Crippen LogP contribution in [0.15, 0.2) is 0 Å². The fourth-order valence-corrected chi connectivity index (χ4v) is 3.86. The molecule has 0 spiro atoms. The Morgan fingerprint density at radius 3 is 2.35 bits per heavy atom. The Hall–Kier alpha value is 0.440. The third-order valence-corrected chi connectivity index (χ3v) is 5.15. The first kappa shape index (κ1) is 15.5. The van der Waals surface area contributed by atoms with Crippen LogP contribution in [0.25, 0.3) is 0 Å². The van der Waals surface area contributed by atoms with E-state index >= 15 is 0 Å². The first-order valence-electron chi connectivity index (χ1n) is 7.60. The average molecular weight is 304 g/mol. The molecule has 1 aliphatic carbocycles. The Morgan fingerprint density at radius 1 is 1.00 bits per heavy atom. The summed E-state index contributed by atoms with van der Waals surface area (Å²) in [5.74, 6) is 0. The number of rotatable bonds is 8. The quantitative estimate of drug-likeness (QED) is 0.451. The third-order valence-electron chi connectivity index (χ3n) is 4.08. The number of alkyl halides is 1. The Labute approximate surface area is 116 Å². The molecular weight excluding hydrogens is 274 g/mol. The second kappa shape index (κ2) is 9.38. The third kappa shape index (κ3) is 6.24. The van der Waals surface area contributed by atoms with E-state index in [-0.39, 0.29) is 0 Å². The molecule has 0 bridgehead atoms. The number of nitrogens with zero attached hydrogens (tertiary/aromatic N) is 1. The summed E-state index contributed by atoms with van der Waals surface area (Å²) in [4.78, 5) is 3.33. The van der Waals surface area contributed by atoms with E-state index < -0.39 is 0 Å². The van der Waals surface area contributed by atoms with Gasteiger partial charge in [0.1, 0.15) is 0 Å². The van der Waals surface area contributed by atoms with Crippen LogP contribution in [0.1, 0.15) is 71.1 Å². The number of hydrogen-bond donors (Lipinski definition) is 0. The minimum absolute atomic E-state index is 0.737. The van der Waals surface area contributed by atoms with Gasteiger partial charge >= 0.3 is 0 Å². The molecule has 17 heavy (non-hydrogen) atoms. The van der Waals surface area contributed by atoms with Crippen LogP contribution in [-0.4, -0.2) is 29.4 Å². The van der Waals surface area contributed by atoms with Gasteiger partial charge in [-0.15, -0.1) is 0 Å². The number of halogens is 1. The van der Waals surface area contributed by atoms with Crippen LogP contribution < -0.4 is 0 Å². The Morgan fingerprint density at radius 2 is 1.65 bits per heavy atom. The zero-order valence-corrected chi connectivity index (χ0v) is 13.3. The Kier molecular flexibility index (Phi) is 8.55. The van der Waals surface area contributed by atoms with Gasteiger partial charge in [0.25, 0.3) is 0 Å². The topological polar surface area (TPSA) is 3.24 Å². The van der Waals surface area contributed by atoms with Crippen molar-refractivity contribution < 1.29 is 0 Å². The van der Waals surface area contributed by atoms with Gasteiger partial charge in [-0.3, -0.25) is 0 Å². The summed E-state index contributed by atoms with van der Waals surface area (Å²) < 4.78 is 0. The van der Waals surface area contributed by atoms with Crippen molar-refractivity contribution in [2.75, 3.05) is 13.6 Å². The highest BCUT2D eigenvalue weighted by molar-refractivity contribution is 9.09. The molecule has 1 saturated carbocycles. The van der Waals surface area contributed by atoms with Crippen molar-refractivity contribution in [3.8, 4) is 0 Å². The highest BCUT2D eigenvalue weighted by Crippen LogP contribution is 2.28. The molecule has 102 valence electrons. The van der Waals surface area contributed by atoms with E-state index in [4.69, 9.17) is 0 Å². The molecule has 0 aliphatic heterocycles. The van der Waals surface area contributed by atoms with Gasteiger partial charge in [0, 0.05) is 10.9 Å². The molecule has 1 fully saturated rings. The molecule has 2 atom stereocenters. The summed E-state index contributed by atoms with van der Waals surface area (Å²) in [7, 11) is 2.32. The SMILES string of the molecule is CCCCCCCCN(C)C1CCCCC1Br. The van der Waals surface area contributed by atoms with E-state index in [1.807, 2.05) is 0 Å². The van der Waals surface area contributed by atoms with Gasteiger partial charge in [-0.25, -0.2) is 0 Å². The van der Waals surface area contributed by atoms with E-state index in [2.05, 4.69) is 34.8 Å². The molecule has 0 heterocycles. The molecule has 2 unspecified atom stereocenters. The van der Waals surface area contributed by atoms with Crippen LogP contribution in [0.5, 0.6) is 0 Å². The van der Waals surface area contributed by atoms with Crippen LogP contribution in [0, 0.1) is 0 Å². The maximum atomic E-state index is 3.86. The lowest BCUT2D eigenvalue weighted by atomic mass is 9.94. The molecule has 1 rings (SSSR count). The van der Waals surface area contributed by atoms with Crippen molar-refractivity contribution in [3.63, 3.8) is 0 Å². The monoisotopic (exact) mass is 303 g/mol. The van der Waals surface area contributed by atoms with Crippen LogP contribution >= 0.6 is 15.9 Å². The van der Waals surface area contributed by atoms with Crippen LogP contribution in [0.3, 0.4) is 0 Å². The zero-order chi connectivity index (χ0) is 12.5. The van der Waals surface area contributed by atoms with Crippen molar-refractivity contribution in [1.29, 1.82) is 0 Å². The summed E-state index contributed by atoms with van der Waals surface area (Å²) in [5.41, 5.74) is 0. The summed E-state index contributed by atoms with van der Waals surface area (Å²) >= 11 is 3.86. The fraction of sp³-hybridized carbons (Fsp3) is 1.00. The van der Waals surface area contributed by atoms with E-state index in [0.717, 1.165) is 10.9 Å². The van der Waals surface area contributed by atoms with Crippen molar-refractivity contribution >= 4 is 15.9 Å². The minimum Gasteiger partial charge on any atom is -0.302 e. The van der Waals surface area contributed by atoms with Gasteiger partial charge in [-0.05, 0) is 32.9 Å². The first-order chi connectivity index (χ1) is 8.25. The standard InChI is InChI=1S/C15H30BrN/c1-3-4-5-6-7-10-13-17(2)15-12-9-8-11-14(15)16/h14-15H,3-13H2,1-2H3. The summed E-state index contributed by atoms with van der Waals surface area (Å²) in [5, 5.41) is 0. The molecular formula is C15H30BrN. The highest BCUT2D eigenvalue weighted by Gasteiger charge is 2.25. The molecule has 0 N–H and O–H groups in total. The smallest absolute Gasteiger partial charge is 0.0301 e. The largest absolute Gasteiger partial charge is 0.302 e. The lowest BCUT2D eigenvalue weighted by Gasteiger charge is -2.35. The highest BCUT2D eigenvalue weighted by atomic mass is 79.9. The molecule has 0 aromatic carbocycles. The molecule has 1 aliphatic rings. The van der Waals surface area contributed by atoms with Crippen molar-refractivity contribution in [1.82, 2.24) is 4.90 Å². The van der Waals surface area contributed by atoms with Crippen molar-refractivity contribution in [2.24, 2.45) is 0 Å². The average Bonchev–Trinajstić information content (AvgIpc) is 2.34. The second-order valence-electron chi connectivity index (χ2n) is 5.62. The van der Waals surface area contributed by atoms with Gasteiger partial charge in [0.15, 0.2) is 0 Å². The molecule has 1 nitrogen and oxygen atoms in total. The summed E-state index contributed by atoms with van der Waals surface area (Å²) in [6.07, 6.45) is 14.0. The summed E-state index contributed by atoms with van der Waals surface area (Å²) in [6, 6.07) is 0.791. The predicted molar refractivity (Wildman–Crippen MR) is 81.0 cm³/mol. The molecule has 0 aromatic rings. The number of hydrogen-bond acceptors (Lipinski definition) is 1. The molecule has 2 heteroatoms. The molecule has 0 amide bonds. The maximum Gasteiger partial charge on any atom is 0.0301 e. The van der Waals surface area contributed by atoms with Crippen LogP contribution in [-0.2, 0) is 0 Å². The maximum absolute atomic E-state index is 3.86. The van der Waals surface area contributed by atoms with E-state index in [9.17, 15) is 0 Å². The molecule has 0 radical (unpaired) electrons. The van der Waals surface area contributed by atoms with E-state index in [1.54, 1.807) is 0 Å². The normalized spacial score (nSPS) is 25.4. The lowest BCUT2D eigenvalue weighted by molar-refractivity contribution is 0.196. The fourth-order valence-electron chi connectivity index (χ4n) is 2.87. The second-order valence-corrected chi connectivity index (χ2v) is 6.79. The van der Waals surface area contributed by atoms with Gasteiger partial charge in [0.05, 0.1) is 0 Å². The number of unbranched alkanes of at least 4 members (excludes halogenated alkanes) is 5. The Bertz CT molecular complexity index is 184. The summed E-state index contributed by atoms with van der Waals surface area (Å²) in [6.45, 7) is 3.58. The van der Waals surface area contributed by atoms with E-state index in [0.29, 0.717) is 0 Å². The van der Waals surface area contributed by atoms with E-state index in [1.165, 1.54) is 70.8 Å². The van der Waals surface area contributed by atoms with Gasteiger partial charge in [-0.1, -0.05) is 67.8 Å². The molecule has 0 saturated heterocycles. The van der Waals surface area contributed by atoms with Crippen molar-refractivity contribution in [3.05, 3.63) is 0 Å². The predicted octanol–water partition coefficient (Wildman–Crippen LogP) is 4.98. The zero-order valence-electron chi connectivity index (χ0n) is 11.8. The van der Waals surface area contributed by atoms with Crippen LogP contribution in [0.2, 0.25) is 0 Å². The lowest BCUT2D eigenvalue weighted by Crippen LogP contribution is -2.41. The van der Waals surface area contributed by atoms with Crippen molar-refractivity contribution in [2.45, 2.75) is 82.0 Å². The van der Waals surface area contributed by atoms with Gasteiger partial charge in [-0.2, -0.15) is 0 Å². The first-order valence-corrected chi connectivity index (χ1v) is 8.51. The van der Waals surface area contributed by atoms with Crippen LogP contribution in [0.4, 0.5) is 0 Å². The minimum atomic E-state index is 0.737. The molecule has 0 aromatic heterocycles. The van der Waals surface area contributed by atoms with Gasteiger partial charge in [0.2, 0.25) is 0 Å². The van der Waals surface area contributed by atoms with Gasteiger partial charge < -0.3 is 4.90 Å². The Balaban J connectivity index is 2.05.